The van der Waals surface area contributed by atoms with Crippen molar-refractivity contribution >= 4 is 23.6 Å². The summed E-state index contributed by atoms with van der Waals surface area (Å²) in [5.41, 5.74) is 3.62. The summed E-state index contributed by atoms with van der Waals surface area (Å²) in [6, 6.07) is 13.8. The Morgan fingerprint density at radius 3 is 2.51 bits per heavy atom. The summed E-state index contributed by atoms with van der Waals surface area (Å²) in [4.78, 5) is 25.1. The largest absolute Gasteiger partial charge is 0.453 e. The zero-order valence-corrected chi connectivity index (χ0v) is 23.9. The molecule has 8 heteroatoms. The van der Waals surface area contributed by atoms with Gasteiger partial charge in [-0.05, 0) is 79.1 Å². The third-order valence-electron chi connectivity index (χ3n) is 7.71. The Morgan fingerprint density at radius 1 is 1.03 bits per heavy atom. The quantitative estimate of drug-likeness (QED) is 0.265. The predicted octanol–water partition coefficient (Wildman–Crippen LogP) is 5.97. The summed E-state index contributed by atoms with van der Waals surface area (Å²) in [6.07, 6.45) is 8.71. The summed E-state index contributed by atoms with van der Waals surface area (Å²) in [6.45, 7) is 1.32. The van der Waals surface area contributed by atoms with Gasteiger partial charge in [0.1, 0.15) is 6.10 Å². The van der Waals surface area contributed by atoms with Crippen LogP contribution in [0.4, 0.5) is 4.79 Å². The number of benzene rings is 2. The Bertz CT molecular complexity index is 1100. The second kappa shape index (κ2) is 14.7. The number of rotatable bonds is 13. The van der Waals surface area contributed by atoms with Crippen molar-refractivity contribution in [2.75, 3.05) is 33.9 Å². The zero-order chi connectivity index (χ0) is 27.6. The van der Waals surface area contributed by atoms with Gasteiger partial charge in [-0.2, -0.15) is 0 Å². The highest BCUT2D eigenvalue weighted by Crippen LogP contribution is 2.42. The van der Waals surface area contributed by atoms with E-state index in [-0.39, 0.29) is 18.6 Å². The molecule has 0 saturated heterocycles. The molecule has 2 amide bonds. The average Bonchev–Trinajstić information content (AvgIpc) is 3.79. The molecule has 0 aliphatic heterocycles. The molecule has 2 aromatic rings. The van der Waals surface area contributed by atoms with Crippen LogP contribution >= 0.6 is 11.6 Å². The lowest BCUT2D eigenvalue weighted by Gasteiger charge is -2.27. The van der Waals surface area contributed by atoms with Crippen molar-refractivity contribution in [3.05, 3.63) is 69.7 Å². The van der Waals surface area contributed by atoms with Gasteiger partial charge in [0.2, 0.25) is 0 Å². The Hall–Kier alpha value is -2.61. The Morgan fingerprint density at radius 2 is 1.82 bits per heavy atom. The van der Waals surface area contributed by atoms with Crippen molar-refractivity contribution < 1.29 is 19.1 Å². The molecule has 7 nitrogen and oxygen atoms in total. The molecule has 2 aromatic carbocycles. The van der Waals surface area contributed by atoms with E-state index in [0.29, 0.717) is 29.0 Å². The van der Waals surface area contributed by atoms with Gasteiger partial charge in [0.15, 0.2) is 0 Å². The number of ether oxygens (including phenoxy) is 2. The third kappa shape index (κ3) is 8.95. The number of nitrogens with one attached hydrogen (secondary N) is 3. The van der Waals surface area contributed by atoms with E-state index in [0.717, 1.165) is 36.9 Å². The van der Waals surface area contributed by atoms with E-state index in [1.54, 1.807) is 0 Å². The number of likely N-dealkylation sites (N-methyl/N-ethyl adjacent to an activating group) is 1. The first-order valence-corrected chi connectivity index (χ1v) is 14.6. The van der Waals surface area contributed by atoms with Crippen LogP contribution in [0.15, 0.2) is 42.5 Å². The van der Waals surface area contributed by atoms with Crippen LogP contribution in [-0.2, 0) is 9.47 Å². The first-order chi connectivity index (χ1) is 19.0. The molecule has 39 heavy (non-hydrogen) atoms. The molecule has 0 radical (unpaired) electrons. The van der Waals surface area contributed by atoms with E-state index in [4.69, 9.17) is 16.3 Å². The lowest BCUT2D eigenvalue weighted by Crippen LogP contribution is -2.42. The van der Waals surface area contributed by atoms with Crippen LogP contribution in [0.5, 0.6) is 0 Å². The number of alkyl carbamates (subject to hydrolysis) is 1. The van der Waals surface area contributed by atoms with Crippen LogP contribution < -0.4 is 16.0 Å². The Balaban J connectivity index is 1.56. The summed E-state index contributed by atoms with van der Waals surface area (Å²) in [7, 11) is 3.27. The maximum atomic E-state index is 13.6. The molecular weight excluding hydrogens is 514 g/mol. The van der Waals surface area contributed by atoms with Crippen LogP contribution in [0.2, 0.25) is 5.02 Å². The van der Waals surface area contributed by atoms with Crippen LogP contribution in [-0.4, -0.2) is 51.9 Å². The fourth-order valence-corrected chi connectivity index (χ4v) is 5.80. The van der Waals surface area contributed by atoms with Gasteiger partial charge < -0.3 is 25.4 Å². The smallest absolute Gasteiger partial charge is 0.406 e. The van der Waals surface area contributed by atoms with E-state index in [1.165, 1.54) is 44.8 Å². The summed E-state index contributed by atoms with van der Waals surface area (Å²) < 4.78 is 11.0. The van der Waals surface area contributed by atoms with Crippen molar-refractivity contribution in [1.29, 1.82) is 0 Å². The third-order valence-corrected chi connectivity index (χ3v) is 7.95. The topological polar surface area (TPSA) is 88.7 Å². The fraction of sp³-hybridized carbons (Fsp3) is 0.548. The molecule has 2 fully saturated rings. The molecule has 2 aliphatic carbocycles. The molecule has 1 unspecified atom stereocenters. The number of hydrogen-bond donors (Lipinski definition) is 3. The monoisotopic (exact) mass is 555 g/mol. The van der Waals surface area contributed by atoms with Crippen molar-refractivity contribution in [3.63, 3.8) is 0 Å². The molecular formula is C31H42ClN3O4. The highest BCUT2D eigenvalue weighted by Gasteiger charge is 2.28. The van der Waals surface area contributed by atoms with E-state index in [1.807, 2.05) is 43.4 Å². The predicted molar refractivity (Wildman–Crippen MR) is 154 cm³/mol. The van der Waals surface area contributed by atoms with Crippen LogP contribution in [0.3, 0.4) is 0 Å². The summed E-state index contributed by atoms with van der Waals surface area (Å²) in [5.74, 6) is 1.09. The first kappa shape index (κ1) is 29.4. The normalized spacial score (nSPS) is 17.3. The molecule has 0 heterocycles. The van der Waals surface area contributed by atoms with E-state index >= 15 is 0 Å². The standard InChI is InChI=1S/C31H42ClN3O4/c1-33-20-28(15-21-7-4-3-5-8-21)35-30(36)26-17-24(22-11-12-22)16-25(18-26)29(23-9-6-10-27(32)19-23)39-14-13-34-31(37)38-2/h6,9-10,16-19,21-22,28-29,33H,3-5,7-8,11-15,20H2,1-2H3,(H,34,37)(H,35,36)/t28-,29?/m0/s1. The van der Waals surface area contributed by atoms with Crippen molar-refractivity contribution in [3.8, 4) is 0 Å². The highest BCUT2D eigenvalue weighted by molar-refractivity contribution is 6.30. The SMILES string of the molecule is CNC[C@H](CC1CCCCC1)NC(=O)c1cc(C2CC2)cc(C(OCCNC(=O)OC)c2cccc(Cl)c2)c1. The molecule has 0 spiro atoms. The van der Waals surface area contributed by atoms with E-state index < -0.39 is 12.2 Å². The van der Waals surface area contributed by atoms with Crippen LogP contribution in [0, 0.1) is 5.92 Å². The highest BCUT2D eigenvalue weighted by atomic mass is 35.5. The van der Waals surface area contributed by atoms with Gasteiger partial charge >= 0.3 is 6.09 Å². The minimum atomic E-state index is -0.503. The number of carbonyl (C=O) groups is 2. The molecule has 212 valence electrons. The van der Waals surface area contributed by atoms with Crippen LogP contribution in [0.25, 0.3) is 0 Å². The molecule has 2 aliphatic rings. The van der Waals surface area contributed by atoms with Gasteiger partial charge in [0, 0.05) is 29.7 Å². The molecule has 2 atom stereocenters. The number of methoxy groups -OCH3 is 1. The Labute approximate surface area is 237 Å². The van der Waals surface area contributed by atoms with Gasteiger partial charge in [-0.25, -0.2) is 4.79 Å². The van der Waals surface area contributed by atoms with Crippen molar-refractivity contribution in [1.82, 2.24) is 16.0 Å². The number of halogens is 1. The molecule has 3 N–H and O–H groups in total. The molecule has 2 saturated carbocycles. The minimum absolute atomic E-state index is 0.0491. The van der Waals surface area contributed by atoms with Crippen molar-refractivity contribution in [2.24, 2.45) is 5.92 Å². The second-order valence-electron chi connectivity index (χ2n) is 10.9. The lowest BCUT2D eigenvalue weighted by atomic mass is 9.84. The summed E-state index contributed by atoms with van der Waals surface area (Å²) in [5, 5.41) is 9.86. The van der Waals surface area contributed by atoms with Crippen LogP contribution in [0.1, 0.15) is 90.4 Å². The molecule has 0 bridgehead atoms. The Kier molecular flexibility index (Phi) is 11.1. The number of hydrogen-bond acceptors (Lipinski definition) is 5. The van der Waals surface area contributed by atoms with Gasteiger partial charge in [-0.1, -0.05) is 61.9 Å². The fourth-order valence-electron chi connectivity index (χ4n) is 5.60. The lowest BCUT2D eigenvalue weighted by molar-refractivity contribution is 0.0803. The molecule has 0 aromatic heterocycles. The van der Waals surface area contributed by atoms with Gasteiger partial charge in [-0.15, -0.1) is 0 Å². The van der Waals surface area contributed by atoms with Crippen molar-refractivity contribution in [2.45, 2.75) is 69.4 Å². The average molecular weight is 556 g/mol. The minimum Gasteiger partial charge on any atom is -0.453 e. The zero-order valence-electron chi connectivity index (χ0n) is 23.1. The maximum absolute atomic E-state index is 13.6. The van der Waals surface area contributed by atoms with E-state index in [2.05, 4.69) is 26.8 Å². The summed E-state index contributed by atoms with van der Waals surface area (Å²) >= 11 is 6.34. The number of amides is 2. The number of carbonyl (C=O) groups excluding carboxylic acids is 2. The maximum Gasteiger partial charge on any atom is 0.406 e. The van der Waals surface area contributed by atoms with Gasteiger partial charge in [-0.3, -0.25) is 4.79 Å². The van der Waals surface area contributed by atoms with Gasteiger partial charge in [0.25, 0.3) is 5.91 Å². The molecule has 4 rings (SSSR count). The second-order valence-corrected chi connectivity index (χ2v) is 11.3. The van der Waals surface area contributed by atoms with E-state index in [9.17, 15) is 9.59 Å². The first-order valence-electron chi connectivity index (χ1n) is 14.3. The van der Waals surface area contributed by atoms with Gasteiger partial charge in [0.05, 0.1) is 13.7 Å².